The standard InChI is InChI=1S/C22H23ClN2O2/c23-20-8-3-7-19(14-20)17-27-21-9-4-6-18(15-21)16-24-11-5-13-26-22-10-1-2-12-25-22/h1-4,6-10,12,14-15,24H,5,11,13,16-17H2. The third-order valence-corrected chi connectivity index (χ3v) is 4.14. The molecule has 140 valence electrons. The van der Waals surface area contributed by atoms with Gasteiger partial charge >= 0.3 is 0 Å². The molecule has 0 amide bonds. The van der Waals surface area contributed by atoms with E-state index in [-0.39, 0.29) is 0 Å². The van der Waals surface area contributed by atoms with E-state index in [1.54, 1.807) is 6.20 Å². The number of aromatic nitrogens is 1. The van der Waals surface area contributed by atoms with Gasteiger partial charge in [-0.05, 0) is 54.4 Å². The lowest BCUT2D eigenvalue weighted by atomic mass is 10.2. The van der Waals surface area contributed by atoms with Gasteiger partial charge in [0, 0.05) is 23.8 Å². The number of pyridine rings is 1. The van der Waals surface area contributed by atoms with Crippen molar-refractivity contribution in [1.82, 2.24) is 10.3 Å². The third-order valence-electron chi connectivity index (χ3n) is 3.91. The number of ether oxygens (including phenoxy) is 2. The van der Waals surface area contributed by atoms with E-state index < -0.39 is 0 Å². The second kappa shape index (κ2) is 10.6. The van der Waals surface area contributed by atoms with Crippen LogP contribution >= 0.6 is 11.6 Å². The van der Waals surface area contributed by atoms with Gasteiger partial charge in [-0.3, -0.25) is 0 Å². The topological polar surface area (TPSA) is 43.4 Å². The Labute approximate surface area is 165 Å². The zero-order valence-corrected chi connectivity index (χ0v) is 15.9. The van der Waals surface area contributed by atoms with Crippen LogP contribution in [0.1, 0.15) is 17.5 Å². The first-order valence-electron chi connectivity index (χ1n) is 9.00. The molecule has 0 aliphatic carbocycles. The minimum absolute atomic E-state index is 0.502. The third kappa shape index (κ3) is 6.93. The number of hydrogen-bond donors (Lipinski definition) is 1. The van der Waals surface area contributed by atoms with Crippen LogP contribution in [0.2, 0.25) is 5.02 Å². The minimum atomic E-state index is 0.502. The second-order valence-corrected chi connectivity index (χ2v) is 6.55. The van der Waals surface area contributed by atoms with Crippen molar-refractivity contribution < 1.29 is 9.47 Å². The summed E-state index contributed by atoms with van der Waals surface area (Å²) in [6.07, 6.45) is 2.65. The smallest absolute Gasteiger partial charge is 0.213 e. The van der Waals surface area contributed by atoms with Gasteiger partial charge in [0.15, 0.2) is 0 Å². The number of hydrogen-bond acceptors (Lipinski definition) is 4. The minimum Gasteiger partial charge on any atom is -0.489 e. The van der Waals surface area contributed by atoms with Crippen LogP contribution in [0.4, 0.5) is 0 Å². The molecule has 2 aromatic carbocycles. The molecule has 3 aromatic rings. The Morgan fingerprint density at radius 2 is 1.78 bits per heavy atom. The van der Waals surface area contributed by atoms with Crippen LogP contribution in [-0.4, -0.2) is 18.1 Å². The van der Waals surface area contributed by atoms with Crippen molar-refractivity contribution in [1.29, 1.82) is 0 Å². The summed E-state index contributed by atoms with van der Waals surface area (Å²) in [4.78, 5) is 4.13. The van der Waals surface area contributed by atoms with E-state index in [1.807, 2.05) is 54.6 Å². The van der Waals surface area contributed by atoms with Crippen molar-refractivity contribution in [2.75, 3.05) is 13.2 Å². The van der Waals surface area contributed by atoms with E-state index in [0.717, 1.165) is 35.8 Å². The first kappa shape index (κ1) is 19.2. The average Bonchev–Trinajstić information content (AvgIpc) is 2.70. The lowest BCUT2D eigenvalue weighted by Crippen LogP contribution is -2.17. The summed E-state index contributed by atoms with van der Waals surface area (Å²) in [6.45, 7) is 2.81. The summed E-state index contributed by atoms with van der Waals surface area (Å²) in [7, 11) is 0. The molecule has 0 atom stereocenters. The predicted molar refractivity (Wildman–Crippen MR) is 108 cm³/mol. The highest BCUT2D eigenvalue weighted by atomic mass is 35.5. The van der Waals surface area contributed by atoms with Crippen molar-refractivity contribution in [2.24, 2.45) is 0 Å². The normalized spacial score (nSPS) is 10.6. The molecular weight excluding hydrogens is 360 g/mol. The van der Waals surface area contributed by atoms with Crippen LogP contribution in [0, 0.1) is 0 Å². The number of halogens is 1. The van der Waals surface area contributed by atoms with E-state index in [1.165, 1.54) is 5.56 Å². The molecule has 0 radical (unpaired) electrons. The van der Waals surface area contributed by atoms with E-state index in [2.05, 4.69) is 22.4 Å². The van der Waals surface area contributed by atoms with Gasteiger partial charge in [-0.1, -0.05) is 41.9 Å². The Morgan fingerprint density at radius 3 is 2.63 bits per heavy atom. The second-order valence-electron chi connectivity index (χ2n) is 6.11. The van der Waals surface area contributed by atoms with Crippen LogP contribution < -0.4 is 14.8 Å². The monoisotopic (exact) mass is 382 g/mol. The molecule has 27 heavy (non-hydrogen) atoms. The molecule has 4 nitrogen and oxygen atoms in total. The molecule has 0 saturated carbocycles. The average molecular weight is 383 g/mol. The molecule has 0 aliphatic heterocycles. The van der Waals surface area contributed by atoms with Crippen molar-refractivity contribution in [3.8, 4) is 11.6 Å². The predicted octanol–water partition coefficient (Wildman–Crippen LogP) is 4.87. The van der Waals surface area contributed by atoms with Crippen LogP contribution in [0.3, 0.4) is 0 Å². The Morgan fingerprint density at radius 1 is 0.889 bits per heavy atom. The molecule has 1 heterocycles. The molecule has 1 aromatic heterocycles. The molecule has 0 aliphatic rings. The van der Waals surface area contributed by atoms with Gasteiger partial charge in [0.05, 0.1) is 6.61 Å². The maximum atomic E-state index is 6.00. The zero-order chi connectivity index (χ0) is 18.7. The maximum Gasteiger partial charge on any atom is 0.213 e. The number of nitrogens with one attached hydrogen (secondary N) is 1. The molecule has 1 N–H and O–H groups in total. The number of nitrogens with zero attached hydrogens (tertiary/aromatic N) is 1. The molecule has 0 saturated heterocycles. The maximum absolute atomic E-state index is 6.00. The highest BCUT2D eigenvalue weighted by Gasteiger charge is 2.00. The lowest BCUT2D eigenvalue weighted by molar-refractivity contribution is 0.296. The highest BCUT2D eigenvalue weighted by Crippen LogP contribution is 2.17. The molecule has 5 heteroatoms. The summed E-state index contributed by atoms with van der Waals surface area (Å²) in [6, 6.07) is 21.5. The lowest BCUT2D eigenvalue weighted by Gasteiger charge is -2.10. The molecule has 0 bridgehead atoms. The van der Waals surface area contributed by atoms with Gasteiger partial charge < -0.3 is 14.8 Å². The van der Waals surface area contributed by atoms with Crippen molar-refractivity contribution in [3.63, 3.8) is 0 Å². The fraction of sp³-hybridized carbons (Fsp3) is 0.227. The van der Waals surface area contributed by atoms with E-state index in [0.29, 0.717) is 19.1 Å². The van der Waals surface area contributed by atoms with Crippen LogP contribution in [-0.2, 0) is 13.2 Å². The summed E-state index contributed by atoms with van der Waals surface area (Å²) in [5.74, 6) is 1.52. The number of benzene rings is 2. The summed E-state index contributed by atoms with van der Waals surface area (Å²) in [5.41, 5.74) is 2.24. The molecule has 0 spiro atoms. The van der Waals surface area contributed by atoms with Crippen molar-refractivity contribution in [2.45, 2.75) is 19.6 Å². The van der Waals surface area contributed by atoms with Gasteiger partial charge in [-0.15, -0.1) is 0 Å². The van der Waals surface area contributed by atoms with Gasteiger partial charge in [-0.25, -0.2) is 4.98 Å². The first-order valence-corrected chi connectivity index (χ1v) is 9.38. The quantitative estimate of drug-likeness (QED) is 0.508. The van der Waals surface area contributed by atoms with Crippen LogP contribution in [0.25, 0.3) is 0 Å². The Kier molecular flexibility index (Phi) is 7.51. The van der Waals surface area contributed by atoms with Gasteiger partial charge in [0.2, 0.25) is 5.88 Å². The Hall–Kier alpha value is -2.56. The SMILES string of the molecule is Clc1cccc(COc2cccc(CNCCCOc3ccccn3)c2)c1. The van der Waals surface area contributed by atoms with Gasteiger partial charge in [-0.2, -0.15) is 0 Å². The van der Waals surface area contributed by atoms with Crippen LogP contribution in [0.5, 0.6) is 11.6 Å². The fourth-order valence-corrected chi connectivity index (χ4v) is 2.79. The Bertz CT molecular complexity index is 827. The Balaban J connectivity index is 1.36. The largest absolute Gasteiger partial charge is 0.489 e. The summed E-state index contributed by atoms with van der Waals surface area (Å²) >= 11 is 6.00. The van der Waals surface area contributed by atoms with Gasteiger partial charge in [0.25, 0.3) is 0 Å². The highest BCUT2D eigenvalue weighted by molar-refractivity contribution is 6.30. The van der Waals surface area contributed by atoms with Crippen LogP contribution in [0.15, 0.2) is 72.9 Å². The summed E-state index contributed by atoms with van der Waals surface area (Å²) < 4.78 is 11.4. The van der Waals surface area contributed by atoms with E-state index in [4.69, 9.17) is 21.1 Å². The first-order chi connectivity index (χ1) is 13.3. The van der Waals surface area contributed by atoms with E-state index >= 15 is 0 Å². The fourth-order valence-electron chi connectivity index (χ4n) is 2.58. The summed E-state index contributed by atoms with van der Waals surface area (Å²) in [5, 5.41) is 4.15. The van der Waals surface area contributed by atoms with Gasteiger partial charge in [0.1, 0.15) is 12.4 Å². The molecular formula is C22H23ClN2O2. The number of rotatable bonds is 10. The molecule has 3 rings (SSSR count). The van der Waals surface area contributed by atoms with Crippen molar-refractivity contribution >= 4 is 11.6 Å². The van der Waals surface area contributed by atoms with Crippen molar-refractivity contribution in [3.05, 3.63) is 89.1 Å². The molecule has 0 fully saturated rings. The van der Waals surface area contributed by atoms with E-state index in [9.17, 15) is 0 Å². The molecule has 0 unspecified atom stereocenters. The zero-order valence-electron chi connectivity index (χ0n) is 15.1.